The smallest absolute Gasteiger partial charge is 0.280 e. The molecule has 26 heavy (non-hydrogen) atoms. The van der Waals surface area contributed by atoms with Crippen molar-refractivity contribution in [2.24, 2.45) is 5.10 Å². The summed E-state index contributed by atoms with van der Waals surface area (Å²) in [6.45, 7) is 3.65. The van der Waals surface area contributed by atoms with E-state index in [9.17, 15) is 4.79 Å². The Morgan fingerprint density at radius 2 is 1.73 bits per heavy atom. The molecule has 0 N–H and O–H groups in total. The van der Waals surface area contributed by atoms with Gasteiger partial charge < -0.3 is 4.74 Å². The van der Waals surface area contributed by atoms with Crippen molar-refractivity contribution in [1.82, 2.24) is 4.90 Å². The first-order valence-corrected chi connectivity index (χ1v) is 8.83. The molecule has 0 aliphatic carbocycles. The van der Waals surface area contributed by atoms with Crippen molar-refractivity contribution < 1.29 is 9.53 Å². The summed E-state index contributed by atoms with van der Waals surface area (Å²) in [5.74, 6) is -0.0551. The summed E-state index contributed by atoms with van der Waals surface area (Å²) >= 11 is 0. The van der Waals surface area contributed by atoms with Gasteiger partial charge in [0.05, 0.1) is 31.3 Å². The number of benzene rings is 2. The van der Waals surface area contributed by atoms with Crippen LogP contribution in [0.15, 0.2) is 59.7 Å². The SMILES string of the molecule is CN(/N=C1\C(=O)N(CN2CCOCC2)c2ccccc21)c1ccccc1. The van der Waals surface area contributed by atoms with Crippen molar-refractivity contribution in [1.29, 1.82) is 0 Å². The molecule has 2 heterocycles. The first kappa shape index (κ1) is 16.8. The van der Waals surface area contributed by atoms with Gasteiger partial charge in [0.2, 0.25) is 0 Å². The standard InChI is InChI=1S/C20H22N4O2/c1-22(16-7-3-2-4-8-16)21-19-17-9-5-6-10-18(17)24(20(19)25)15-23-11-13-26-14-12-23/h2-10H,11-15H2,1H3/b21-19-. The number of anilines is 2. The van der Waals surface area contributed by atoms with Crippen LogP contribution in [0.5, 0.6) is 0 Å². The molecule has 1 fully saturated rings. The summed E-state index contributed by atoms with van der Waals surface area (Å²) in [6.07, 6.45) is 0. The van der Waals surface area contributed by atoms with Crippen LogP contribution >= 0.6 is 0 Å². The quantitative estimate of drug-likeness (QED) is 0.793. The average molecular weight is 350 g/mol. The third-order valence-corrected chi connectivity index (χ3v) is 4.72. The number of carbonyl (C=O) groups is 1. The maximum absolute atomic E-state index is 13.1. The molecule has 1 saturated heterocycles. The molecule has 0 bridgehead atoms. The Morgan fingerprint density at radius 3 is 2.50 bits per heavy atom. The van der Waals surface area contributed by atoms with E-state index < -0.39 is 0 Å². The molecule has 6 heteroatoms. The van der Waals surface area contributed by atoms with E-state index in [0.717, 1.165) is 30.0 Å². The number of hydrogen-bond acceptors (Lipinski definition) is 5. The molecule has 2 aromatic carbocycles. The van der Waals surface area contributed by atoms with Crippen molar-refractivity contribution in [3.8, 4) is 0 Å². The zero-order valence-corrected chi connectivity index (χ0v) is 14.8. The van der Waals surface area contributed by atoms with E-state index in [2.05, 4.69) is 10.0 Å². The Balaban J connectivity index is 1.63. The number of para-hydroxylation sites is 2. The maximum atomic E-state index is 13.1. The van der Waals surface area contributed by atoms with Crippen molar-refractivity contribution in [2.45, 2.75) is 0 Å². The van der Waals surface area contributed by atoms with E-state index in [1.165, 1.54) is 0 Å². The lowest BCUT2D eigenvalue weighted by molar-refractivity contribution is -0.112. The number of rotatable bonds is 4. The monoisotopic (exact) mass is 350 g/mol. The molecule has 0 spiro atoms. The second-order valence-corrected chi connectivity index (χ2v) is 6.43. The number of hydrogen-bond donors (Lipinski definition) is 0. The second kappa shape index (κ2) is 7.27. The van der Waals surface area contributed by atoms with Gasteiger partial charge in [0.15, 0.2) is 5.71 Å². The molecule has 6 nitrogen and oxygen atoms in total. The average Bonchev–Trinajstić information content (AvgIpc) is 2.95. The van der Waals surface area contributed by atoms with Crippen LogP contribution in [0.3, 0.4) is 0 Å². The predicted octanol–water partition coefficient (Wildman–Crippen LogP) is 2.16. The van der Waals surface area contributed by atoms with E-state index in [0.29, 0.717) is 25.6 Å². The van der Waals surface area contributed by atoms with Gasteiger partial charge in [0.25, 0.3) is 5.91 Å². The minimum atomic E-state index is -0.0551. The van der Waals surface area contributed by atoms with Crippen molar-refractivity contribution >= 4 is 23.0 Å². The first-order chi connectivity index (χ1) is 12.7. The van der Waals surface area contributed by atoms with Gasteiger partial charge in [-0.2, -0.15) is 5.10 Å². The van der Waals surface area contributed by atoms with Gasteiger partial charge in [-0.05, 0) is 18.2 Å². The highest BCUT2D eigenvalue weighted by molar-refractivity contribution is 6.54. The van der Waals surface area contributed by atoms with Gasteiger partial charge in [0, 0.05) is 25.7 Å². The number of nitrogens with zero attached hydrogens (tertiary/aromatic N) is 4. The van der Waals surface area contributed by atoms with E-state index in [1.807, 2.05) is 66.5 Å². The zero-order chi connectivity index (χ0) is 17.9. The van der Waals surface area contributed by atoms with Crippen LogP contribution in [0.4, 0.5) is 11.4 Å². The minimum Gasteiger partial charge on any atom is -0.379 e. The van der Waals surface area contributed by atoms with Gasteiger partial charge in [0.1, 0.15) is 0 Å². The lowest BCUT2D eigenvalue weighted by atomic mass is 10.1. The lowest BCUT2D eigenvalue weighted by Gasteiger charge is -2.30. The van der Waals surface area contributed by atoms with Gasteiger partial charge in [-0.25, -0.2) is 0 Å². The normalized spacial score (nSPS) is 19.0. The molecule has 0 saturated carbocycles. The van der Waals surface area contributed by atoms with Gasteiger partial charge in [-0.3, -0.25) is 19.6 Å². The van der Waals surface area contributed by atoms with Crippen LogP contribution in [-0.4, -0.2) is 56.5 Å². The largest absolute Gasteiger partial charge is 0.379 e. The third-order valence-electron chi connectivity index (χ3n) is 4.72. The Labute approximate surface area is 153 Å². The van der Waals surface area contributed by atoms with Crippen LogP contribution in [0.1, 0.15) is 5.56 Å². The lowest BCUT2D eigenvalue weighted by Crippen LogP contribution is -2.46. The number of fused-ring (bicyclic) bond motifs is 1. The highest BCUT2D eigenvalue weighted by Crippen LogP contribution is 2.30. The summed E-state index contributed by atoms with van der Waals surface area (Å²) in [5, 5.41) is 6.38. The molecule has 4 rings (SSSR count). The third kappa shape index (κ3) is 3.21. The maximum Gasteiger partial charge on any atom is 0.280 e. The van der Waals surface area contributed by atoms with E-state index in [-0.39, 0.29) is 5.91 Å². The van der Waals surface area contributed by atoms with E-state index in [1.54, 1.807) is 5.01 Å². The molecule has 0 atom stereocenters. The molecule has 0 radical (unpaired) electrons. The summed E-state index contributed by atoms with van der Waals surface area (Å²) in [4.78, 5) is 17.2. The molecule has 0 aromatic heterocycles. The van der Waals surface area contributed by atoms with Crippen LogP contribution in [0.2, 0.25) is 0 Å². The molecule has 2 aromatic rings. The molecule has 134 valence electrons. The summed E-state index contributed by atoms with van der Waals surface area (Å²) in [7, 11) is 1.86. The highest BCUT2D eigenvalue weighted by atomic mass is 16.5. The summed E-state index contributed by atoms with van der Waals surface area (Å²) in [6, 6.07) is 17.7. The molecule has 0 unspecified atom stereocenters. The Morgan fingerprint density at radius 1 is 1.04 bits per heavy atom. The molecular weight excluding hydrogens is 328 g/mol. The van der Waals surface area contributed by atoms with Crippen LogP contribution in [-0.2, 0) is 9.53 Å². The van der Waals surface area contributed by atoms with Crippen LogP contribution in [0, 0.1) is 0 Å². The van der Waals surface area contributed by atoms with Crippen LogP contribution < -0.4 is 9.91 Å². The molecular formula is C20H22N4O2. The van der Waals surface area contributed by atoms with Crippen molar-refractivity contribution in [2.75, 3.05) is 49.9 Å². The first-order valence-electron chi connectivity index (χ1n) is 8.83. The zero-order valence-electron chi connectivity index (χ0n) is 14.8. The Hall–Kier alpha value is -2.70. The summed E-state index contributed by atoms with van der Waals surface area (Å²) < 4.78 is 5.41. The second-order valence-electron chi connectivity index (χ2n) is 6.43. The van der Waals surface area contributed by atoms with E-state index in [4.69, 9.17) is 4.74 Å². The molecule has 1 amide bonds. The van der Waals surface area contributed by atoms with Crippen LogP contribution in [0.25, 0.3) is 0 Å². The number of hydrazone groups is 1. The summed E-state index contributed by atoms with van der Waals surface area (Å²) in [5.41, 5.74) is 3.23. The fourth-order valence-electron chi connectivity index (χ4n) is 3.29. The Bertz CT molecular complexity index is 816. The number of morpholine rings is 1. The molecule has 2 aliphatic heterocycles. The highest BCUT2D eigenvalue weighted by Gasteiger charge is 2.35. The minimum absolute atomic E-state index is 0.0551. The topological polar surface area (TPSA) is 48.4 Å². The van der Waals surface area contributed by atoms with Crippen molar-refractivity contribution in [3.63, 3.8) is 0 Å². The predicted molar refractivity (Wildman–Crippen MR) is 103 cm³/mol. The van der Waals surface area contributed by atoms with Gasteiger partial charge in [-0.1, -0.05) is 36.4 Å². The van der Waals surface area contributed by atoms with E-state index >= 15 is 0 Å². The molecule has 2 aliphatic rings. The number of amides is 1. The van der Waals surface area contributed by atoms with Gasteiger partial charge in [-0.15, -0.1) is 0 Å². The number of ether oxygens (including phenoxy) is 1. The fourth-order valence-corrected chi connectivity index (χ4v) is 3.29. The Kier molecular flexibility index (Phi) is 4.69. The number of carbonyl (C=O) groups excluding carboxylic acids is 1. The van der Waals surface area contributed by atoms with Gasteiger partial charge >= 0.3 is 0 Å². The fraction of sp³-hybridized carbons (Fsp3) is 0.300. The van der Waals surface area contributed by atoms with Crippen molar-refractivity contribution in [3.05, 3.63) is 60.2 Å².